The molecule has 1 N–H and O–H groups in total. The number of benzene rings is 1. The standard InChI is InChI=1S/C27H24N6O4/c1-3-23(26(34)31-24-12-17(2)37-32-24)36-27(35)20-13-22(19-9-5-4-6-10-19)30-25-21(20)15-29-33(25)16-18-8-7-11-28-14-18/h4-15,23H,3,16H2,1-2H3,(H,31,32,34). The Hall–Kier alpha value is -4.86. The summed E-state index contributed by atoms with van der Waals surface area (Å²) in [6.07, 6.45) is 4.29. The quantitative estimate of drug-likeness (QED) is 0.313. The van der Waals surface area contributed by atoms with Crippen molar-refractivity contribution in [1.29, 1.82) is 0 Å². The first-order valence-corrected chi connectivity index (χ1v) is 11.8. The molecule has 0 aliphatic heterocycles. The van der Waals surface area contributed by atoms with Crippen LogP contribution in [0.3, 0.4) is 0 Å². The highest BCUT2D eigenvalue weighted by molar-refractivity contribution is 6.05. The van der Waals surface area contributed by atoms with E-state index in [1.807, 2.05) is 42.5 Å². The first-order chi connectivity index (χ1) is 18.0. The lowest BCUT2D eigenvalue weighted by atomic mass is 10.1. The number of ether oxygens (including phenoxy) is 1. The molecular formula is C27H24N6O4. The summed E-state index contributed by atoms with van der Waals surface area (Å²) in [6.45, 7) is 3.90. The molecule has 1 atom stereocenters. The molecule has 37 heavy (non-hydrogen) atoms. The first kappa shape index (κ1) is 23.9. The Morgan fingerprint density at radius 3 is 2.65 bits per heavy atom. The van der Waals surface area contributed by atoms with Crippen molar-refractivity contribution in [2.24, 2.45) is 0 Å². The van der Waals surface area contributed by atoms with Crippen LogP contribution in [0.5, 0.6) is 0 Å². The molecule has 4 heterocycles. The van der Waals surface area contributed by atoms with Crippen LogP contribution in [0.4, 0.5) is 5.82 Å². The molecule has 0 aliphatic rings. The zero-order valence-electron chi connectivity index (χ0n) is 20.3. The highest BCUT2D eigenvalue weighted by Gasteiger charge is 2.26. The van der Waals surface area contributed by atoms with E-state index in [1.165, 1.54) is 0 Å². The van der Waals surface area contributed by atoms with Crippen LogP contribution in [0.25, 0.3) is 22.3 Å². The van der Waals surface area contributed by atoms with Gasteiger partial charge in [-0.3, -0.25) is 9.78 Å². The van der Waals surface area contributed by atoms with Gasteiger partial charge >= 0.3 is 5.97 Å². The molecule has 0 fully saturated rings. The number of hydrogen-bond acceptors (Lipinski definition) is 8. The summed E-state index contributed by atoms with van der Waals surface area (Å²) < 4.78 is 12.4. The summed E-state index contributed by atoms with van der Waals surface area (Å²) in [5.74, 6) is -0.337. The van der Waals surface area contributed by atoms with Crippen LogP contribution in [-0.4, -0.2) is 42.9 Å². The fourth-order valence-corrected chi connectivity index (χ4v) is 3.90. The summed E-state index contributed by atoms with van der Waals surface area (Å²) in [4.78, 5) is 35.2. The third-order valence-electron chi connectivity index (χ3n) is 5.75. The Labute approximate surface area is 212 Å². The summed E-state index contributed by atoms with van der Waals surface area (Å²) in [5, 5.41) is 11.4. The summed E-state index contributed by atoms with van der Waals surface area (Å²) in [5.41, 5.74) is 3.15. The van der Waals surface area contributed by atoms with E-state index in [2.05, 4.69) is 20.6 Å². The number of aromatic nitrogens is 5. The molecule has 5 aromatic rings. The van der Waals surface area contributed by atoms with Crippen LogP contribution < -0.4 is 5.32 Å². The van der Waals surface area contributed by atoms with Gasteiger partial charge in [0.1, 0.15) is 5.76 Å². The van der Waals surface area contributed by atoms with E-state index in [0.717, 1.165) is 11.1 Å². The van der Waals surface area contributed by atoms with Crippen molar-refractivity contribution >= 4 is 28.7 Å². The molecule has 10 heteroatoms. The molecule has 0 radical (unpaired) electrons. The Morgan fingerprint density at radius 1 is 1.11 bits per heavy atom. The predicted molar refractivity (Wildman–Crippen MR) is 136 cm³/mol. The lowest BCUT2D eigenvalue weighted by molar-refractivity contribution is -0.124. The van der Waals surface area contributed by atoms with E-state index in [1.54, 1.807) is 49.3 Å². The van der Waals surface area contributed by atoms with Gasteiger partial charge in [0.2, 0.25) is 0 Å². The molecule has 0 bridgehead atoms. The van der Waals surface area contributed by atoms with Crippen LogP contribution >= 0.6 is 0 Å². The molecule has 0 spiro atoms. The Bertz CT molecular complexity index is 1550. The monoisotopic (exact) mass is 496 g/mol. The third kappa shape index (κ3) is 5.22. The number of esters is 1. The fourth-order valence-electron chi connectivity index (χ4n) is 3.90. The summed E-state index contributed by atoms with van der Waals surface area (Å²) in [7, 11) is 0. The number of nitrogens with zero attached hydrogens (tertiary/aromatic N) is 5. The van der Waals surface area contributed by atoms with Crippen LogP contribution in [-0.2, 0) is 16.1 Å². The maximum Gasteiger partial charge on any atom is 0.339 e. The van der Waals surface area contributed by atoms with Crippen LogP contribution in [0.1, 0.15) is 35.0 Å². The average molecular weight is 497 g/mol. The van der Waals surface area contributed by atoms with Gasteiger partial charge in [-0.15, -0.1) is 0 Å². The lowest BCUT2D eigenvalue weighted by Gasteiger charge is -2.16. The first-order valence-electron chi connectivity index (χ1n) is 11.8. The van der Waals surface area contributed by atoms with Crippen LogP contribution in [0.15, 0.2) is 77.7 Å². The van der Waals surface area contributed by atoms with Crippen molar-refractivity contribution in [1.82, 2.24) is 24.9 Å². The topological polar surface area (TPSA) is 125 Å². The maximum absolute atomic E-state index is 13.4. The SMILES string of the molecule is CCC(OC(=O)c1cc(-c2ccccc2)nc2c1cnn2Cc1cccnc1)C(=O)Nc1cc(C)on1. The van der Waals surface area contributed by atoms with E-state index in [9.17, 15) is 9.59 Å². The van der Waals surface area contributed by atoms with Gasteiger partial charge < -0.3 is 14.6 Å². The second-order valence-electron chi connectivity index (χ2n) is 8.44. The van der Waals surface area contributed by atoms with Crippen molar-refractivity contribution in [3.63, 3.8) is 0 Å². The smallest absolute Gasteiger partial charge is 0.339 e. The molecule has 0 aliphatic carbocycles. The van der Waals surface area contributed by atoms with Gasteiger partial charge in [-0.1, -0.05) is 48.5 Å². The zero-order valence-corrected chi connectivity index (χ0v) is 20.3. The van der Waals surface area contributed by atoms with Gasteiger partial charge in [-0.05, 0) is 31.0 Å². The van der Waals surface area contributed by atoms with E-state index in [0.29, 0.717) is 29.0 Å². The molecule has 10 nitrogen and oxygen atoms in total. The van der Waals surface area contributed by atoms with Gasteiger partial charge in [0, 0.05) is 24.0 Å². The molecule has 4 aromatic heterocycles. The lowest BCUT2D eigenvalue weighted by Crippen LogP contribution is -2.32. The van der Waals surface area contributed by atoms with E-state index in [-0.39, 0.29) is 17.8 Å². The van der Waals surface area contributed by atoms with E-state index < -0.39 is 18.0 Å². The van der Waals surface area contributed by atoms with Crippen molar-refractivity contribution < 1.29 is 18.8 Å². The Morgan fingerprint density at radius 2 is 1.95 bits per heavy atom. The highest BCUT2D eigenvalue weighted by atomic mass is 16.5. The zero-order chi connectivity index (χ0) is 25.8. The van der Waals surface area contributed by atoms with Gasteiger partial charge in [-0.25, -0.2) is 14.5 Å². The number of anilines is 1. The fraction of sp³-hybridized carbons (Fsp3) is 0.185. The van der Waals surface area contributed by atoms with E-state index >= 15 is 0 Å². The van der Waals surface area contributed by atoms with Gasteiger partial charge in [0.15, 0.2) is 17.6 Å². The number of carbonyl (C=O) groups is 2. The molecule has 1 unspecified atom stereocenters. The summed E-state index contributed by atoms with van der Waals surface area (Å²) >= 11 is 0. The number of amides is 1. The molecule has 1 amide bonds. The number of fused-ring (bicyclic) bond motifs is 1. The van der Waals surface area contributed by atoms with Gasteiger partial charge in [0.25, 0.3) is 5.91 Å². The molecule has 186 valence electrons. The molecule has 5 rings (SSSR count). The molecular weight excluding hydrogens is 472 g/mol. The number of hydrogen-bond donors (Lipinski definition) is 1. The maximum atomic E-state index is 13.4. The van der Waals surface area contributed by atoms with Crippen molar-refractivity contribution in [2.45, 2.75) is 32.9 Å². The minimum Gasteiger partial charge on any atom is -0.449 e. The van der Waals surface area contributed by atoms with Gasteiger partial charge in [0.05, 0.1) is 29.4 Å². The predicted octanol–water partition coefficient (Wildman–Crippen LogP) is 4.41. The number of aryl methyl sites for hydroxylation is 1. The number of carbonyl (C=O) groups excluding carboxylic acids is 2. The number of nitrogens with one attached hydrogen (secondary N) is 1. The van der Waals surface area contributed by atoms with Crippen LogP contribution in [0, 0.1) is 6.92 Å². The minimum absolute atomic E-state index is 0.256. The molecule has 0 saturated carbocycles. The molecule has 1 aromatic carbocycles. The van der Waals surface area contributed by atoms with Crippen molar-refractivity contribution in [3.05, 3.63) is 90.1 Å². The second kappa shape index (κ2) is 10.4. The van der Waals surface area contributed by atoms with E-state index in [4.69, 9.17) is 14.2 Å². The van der Waals surface area contributed by atoms with Gasteiger partial charge in [-0.2, -0.15) is 5.10 Å². The number of pyridine rings is 2. The van der Waals surface area contributed by atoms with Crippen molar-refractivity contribution in [2.75, 3.05) is 5.32 Å². The number of rotatable bonds is 8. The third-order valence-corrected chi connectivity index (χ3v) is 5.75. The summed E-state index contributed by atoms with van der Waals surface area (Å²) in [6, 6.07) is 16.6. The normalized spacial score (nSPS) is 11.8. The Balaban J connectivity index is 1.49. The Kier molecular flexibility index (Phi) is 6.71. The molecule has 0 saturated heterocycles. The highest BCUT2D eigenvalue weighted by Crippen LogP contribution is 2.26. The largest absolute Gasteiger partial charge is 0.449 e. The van der Waals surface area contributed by atoms with Crippen LogP contribution in [0.2, 0.25) is 0 Å². The van der Waals surface area contributed by atoms with Crippen molar-refractivity contribution in [3.8, 4) is 11.3 Å². The second-order valence-corrected chi connectivity index (χ2v) is 8.44. The minimum atomic E-state index is -1.03. The average Bonchev–Trinajstić information content (AvgIpc) is 3.53.